The van der Waals surface area contributed by atoms with Crippen LogP contribution in [0.15, 0.2) is 380 Å². The summed E-state index contributed by atoms with van der Waals surface area (Å²) in [5.41, 5.74) is 7.20. The highest BCUT2D eigenvalue weighted by atomic mass is 31.1. The number of benzene rings is 13. The number of hydrogen-bond acceptors (Lipinski definition) is 24. The summed E-state index contributed by atoms with van der Waals surface area (Å²) in [5, 5.41) is 189. The largest absolute Gasteiger partial charge is 0.394 e. The van der Waals surface area contributed by atoms with E-state index in [0.29, 0.717) is 121 Å². The summed E-state index contributed by atoms with van der Waals surface area (Å²) in [6.45, 7) is -4.75. The Kier molecular flexibility index (Phi) is 38.1. The van der Waals surface area contributed by atoms with Crippen molar-refractivity contribution in [3.05, 3.63) is 429 Å². The second kappa shape index (κ2) is 51.4. The van der Waals surface area contributed by atoms with Gasteiger partial charge in [-0.2, -0.15) is 0 Å². The lowest BCUT2D eigenvalue weighted by molar-refractivity contribution is 0.110. The normalized spacial score (nSPS) is 16.3. The Hall–Kier alpha value is -12.6. The molecule has 0 fully saturated rings. The van der Waals surface area contributed by atoms with Gasteiger partial charge in [0, 0.05) is 49.7 Å². The molecule has 136 heavy (non-hydrogen) atoms. The number of aliphatic imine (C=N–C) groups is 8. The van der Waals surface area contributed by atoms with Gasteiger partial charge in [-0.3, -0.25) is 39.9 Å². The van der Waals surface area contributed by atoms with Gasteiger partial charge >= 0.3 is 0 Å². The molecule has 698 valence electrons. The first kappa shape index (κ1) is 101. The van der Waals surface area contributed by atoms with E-state index in [9.17, 15) is 81.7 Å². The van der Waals surface area contributed by atoms with Gasteiger partial charge in [-0.05, 0) is 209 Å². The zero-order valence-corrected chi connectivity index (χ0v) is 76.3. The molecule has 0 unspecified atom stereocenters. The topological polar surface area (TPSA) is 423 Å². The van der Waals surface area contributed by atoms with E-state index < -0.39 is 166 Å². The fraction of sp³-hybridized carbons (Fsp3) is 0.218. The quantitative estimate of drug-likeness (QED) is 0.0125. The lowest BCUT2D eigenvalue weighted by Crippen LogP contribution is -2.35. The maximum atomic E-state index is 12.0. The van der Waals surface area contributed by atoms with Crippen molar-refractivity contribution in [1.82, 2.24) is 0 Å². The van der Waals surface area contributed by atoms with E-state index in [4.69, 9.17) is 39.9 Å². The number of rotatable bonds is 46. The van der Waals surface area contributed by atoms with Crippen LogP contribution in [0.4, 0.5) is 0 Å². The monoisotopic (exact) mass is 1860 g/mol. The van der Waals surface area contributed by atoms with Crippen LogP contribution in [0.2, 0.25) is 0 Å². The van der Waals surface area contributed by atoms with E-state index in [1.54, 1.807) is 267 Å². The molecule has 0 aliphatic heterocycles. The van der Waals surface area contributed by atoms with Gasteiger partial charge in [-0.15, -0.1) is 0 Å². The van der Waals surface area contributed by atoms with Crippen molar-refractivity contribution in [3.63, 3.8) is 0 Å². The molecule has 13 aromatic rings. The first-order chi connectivity index (χ1) is 66.4. The van der Waals surface area contributed by atoms with Crippen LogP contribution in [-0.2, 0) is 0 Å². The van der Waals surface area contributed by atoms with E-state index >= 15 is 0 Å². The molecule has 26 heteroatoms. The predicted octanol–water partition coefficient (Wildman–Crippen LogP) is 9.31. The summed E-state index contributed by atoms with van der Waals surface area (Å²) in [6, 6.07) is 91.4. The van der Waals surface area contributed by atoms with Crippen LogP contribution in [0.25, 0.3) is 0 Å². The maximum absolute atomic E-state index is 12.0. The van der Waals surface area contributed by atoms with Gasteiger partial charge in [0.15, 0.2) is 0 Å². The van der Waals surface area contributed by atoms with Crippen molar-refractivity contribution < 1.29 is 81.7 Å². The lowest BCUT2D eigenvalue weighted by atomic mass is 10.0. The molecule has 13 rings (SSSR count). The van der Waals surface area contributed by atoms with Gasteiger partial charge < -0.3 is 81.7 Å². The first-order valence-corrected chi connectivity index (χ1v) is 47.3. The van der Waals surface area contributed by atoms with Gasteiger partial charge in [0.05, 0.1) is 52.9 Å². The minimum atomic E-state index is -2.23. The van der Waals surface area contributed by atoms with Crippen LogP contribution >= 0.6 is 15.8 Å². The highest BCUT2D eigenvalue weighted by Crippen LogP contribution is 2.42. The smallest absolute Gasteiger partial charge is 0.104 e. The van der Waals surface area contributed by atoms with Crippen molar-refractivity contribution in [2.24, 2.45) is 39.9 Å². The number of hydrogen-bond donors (Lipinski definition) is 16. The Morgan fingerprint density at radius 1 is 0.169 bits per heavy atom. The molecule has 24 nitrogen and oxygen atoms in total. The van der Waals surface area contributed by atoms with E-state index in [-0.39, 0.29) is 0 Å². The van der Waals surface area contributed by atoms with Crippen molar-refractivity contribution in [3.8, 4) is 0 Å². The number of aliphatic hydroxyl groups excluding tert-OH is 16. The Balaban J connectivity index is 1.14. The van der Waals surface area contributed by atoms with E-state index in [1.807, 2.05) is 72.8 Å². The Bertz CT molecular complexity index is 5100. The molecule has 0 heterocycles. The molecule has 16 N–H and O–H groups in total. The van der Waals surface area contributed by atoms with E-state index in [2.05, 4.69) is 0 Å². The third kappa shape index (κ3) is 27.2. The summed E-state index contributed by atoms with van der Waals surface area (Å²) in [5.74, 6) is 0. The van der Waals surface area contributed by atoms with E-state index in [0.717, 1.165) is 0 Å². The van der Waals surface area contributed by atoms with E-state index in [1.165, 1.54) is 49.7 Å². The summed E-state index contributed by atoms with van der Waals surface area (Å²) in [7, 11) is -4.46. The molecule has 0 bridgehead atoms. The van der Waals surface area contributed by atoms with Gasteiger partial charge in [0.25, 0.3) is 0 Å². The van der Waals surface area contributed by atoms with Crippen LogP contribution in [0.1, 0.15) is 138 Å². The number of aliphatic hydroxyl groups is 16. The third-order valence-electron chi connectivity index (χ3n) is 23.1. The summed E-state index contributed by atoms with van der Waals surface area (Å²) < 4.78 is 0. The van der Waals surface area contributed by atoms with Crippen LogP contribution < -0.4 is 31.8 Å². The molecule has 0 saturated carbocycles. The Morgan fingerprint density at radius 3 is 0.404 bits per heavy atom. The van der Waals surface area contributed by atoms with Gasteiger partial charge in [-0.25, -0.2) is 0 Å². The summed E-state index contributed by atoms with van der Waals surface area (Å²) in [4.78, 5) is 39.4. The van der Waals surface area contributed by atoms with Gasteiger partial charge in [0.1, 0.15) is 97.2 Å². The number of nitrogens with zero attached hydrogens (tertiary/aromatic N) is 8. The molecule has 0 radical (unpaired) electrons. The summed E-state index contributed by atoms with van der Waals surface area (Å²) in [6.07, 6.45) is 1.97. The predicted molar refractivity (Wildman–Crippen MR) is 543 cm³/mol. The first-order valence-electron chi connectivity index (χ1n) is 44.7. The van der Waals surface area contributed by atoms with Crippen LogP contribution in [-0.4, -0.2) is 233 Å². The second-order valence-electron chi connectivity index (χ2n) is 32.7. The highest BCUT2D eigenvalue weighted by Gasteiger charge is 2.32. The molecular formula is C110H112N8O16P2. The molecule has 13 aromatic carbocycles. The minimum absolute atomic E-state index is 0.413. The SMILES string of the molecule is OC[C@H](N=Cc1cc(C=N[C@@H](CO)[C@@H](O)c2ccccc2)cc(P(c2cc(C=N[C@@H](CO)[C@@H](O)c3ccccc3)cc(C=N[C@@H](CO)[C@@H](O)c3ccccc3)c2)c2ccccc2P(c2cc(C=N[C@@H](CO)[C@@H](O)c3ccccc3)cc(C=N[C@@H](CO)[C@@H](O)c3ccccc3)c2)c2cc(C=N[C@@H](CO)[C@@H](O)c3ccccc3)cc(C=N[C@@H](CO)[C@@H](O)c3ccccc3)c2)c1)[C@@H](O)c1ccccc1. The Labute approximate surface area is 793 Å². The van der Waals surface area contributed by atoms with Crippen molar-refractivity contribution >= 4 is 97.4 Å². The Morgan fingerprint density at radius 2 is 0.287 bits per heavy atom. The van der Waals surface area contributed by atoms with Gasteiger partial charge in [0.2, 0.25) is 0 Å². The van der Waals surface area contributed by atoms with Crippen molar-refractivity contribution in [2.45, 2.75) is 97.2 Å². The lowest BCUT2D eigenvalue weighted by Gasteiger charge is -2.29. The van der Waals surface area contributed by atoms with Crippen molar-refractivity contribution in [1.29, 1.82) is 0 Å². The molecule has 0 aliphatic carbocycles. The van der Waals surface area contributed by atoms with Crippen LogP contribution in [0.5, 0.6) is 0 Å². The standard InChI is InChI=1S/C110H112N8O16P2/c119-65-93(103(127)81-27-9-1-10-28-81)111-57-73-45-74(58-112-94(66-120)104(128)82-29-11-2-12-30-82)50-89(49-73)135(90-51-75(59-113-95(67-121)105(129)83-31-13-3-14-32-83)46-76(52-90)60-114-96(68-122)106(130)84-33-15-4-16-34-84)101-43-25-26-44-102(101)136(91-53-77(61-115-97(69-123)107(131)85-35-17-5-18-36-85)47-78(54-91)62-116-98(70-124)108(132)86-37-19-6-20-38-86)92-55-79(63-117-99(71-125)109(133)87-39-21-7-22-40-87)48-80(56-92)64-118-100(72-126)110(134)88-41-23-8-24-42-88/h1-64,93-100,103-110,119-134H,65-72H2/t93-,94-,95-,96-,97-,98-,99-,100-,103-,104-,105-,106-,107-,108-,109-,110-,135?,136?/m0/s1. The summed E-state index contributed by atoms with van der Waals surface area (Å²) >= 11 is 0. The van der Waals surface area contributed by atoms with Crippen LogP contribution in [0, 0.1) is 0 Å². The molecule has 0 saturated heterocycles. The minimum Gasteiger partial charge on any atom is -0.394 e. The average molecular weight is 1860 g/mol. The molecule has 0 aliphatic rings. The zero-order chi connectivity index (χ0) is 95.7. The van der Waals surface area contributed by atoms with Crippen LogP contribution in [0.3, 0.4) is 0 Å². The second-order valence-corrected chi connectivity index (χ2v) is 37.0. The molecule has 16 atom stereocenters. The zero-order valence-electron chi connectivity index (χ0n) is 74.5. The fourth-order valence-corrected chi connectivity index (χ4v) is 21.3. The highest BCUT2D eigenvalue weighted by molar-refractivity contribution is 7.85. The molecule has 0 amide bonds. The van der Waals surface area contributed by atoms with Gasteiger partial charge in [-0.1, -0.05) is 267 Å². The molecule has 0 spiro atoms. The molecule has 0 aromatic heterocycles. The molecular weight excluding hydrogens is 1750 g/mol. The maximum Gasteiger partial charge on any atom is 0.104 e. The van der Waals surface area contributed by atoms with Crippen molar-refractivity contribution in [2.75, 3.05) is 52.9 Å². The fourth-order valence-electron chi connectivity index (χ4n) is 15.7. The average Bonchev–Trinajstić information content (AvgIpc) is 0.754. The third-order valence-corrected chi connectivity index (χ3v) is 28.1.